The summed E-state index contributed by atoms with van der Waals surface area (Å²) in [4.78, 5) is 0. The van der Waals surface area contributed by atoms with Crippen LogP contribution in [0.2, 0.25) is 0 Å². The smallest absolute Gasteiger partial charge is 0.0587 e. The van der Waals surface area contributed by atoms with Crippen LogP contribution in [0.1, 0.15) is 57.4 Å². The second-order valence-electron chi connectivity index (χ2n) is 6.60. The predicted molar refractivity (Wildman–Crippen MR) is 89.4 cm³/mol. The van der Waals surface area contributed by atoms with Crippen molar-refractivity contribution in [3.63, 3.8) is 0 Å². The highest BCUT2D eigenvalue weighted by Crippen LogP contribution is 2.27. The Bertz CT molecular complexity index is 378. The van der Waals surface area contributed by atoms with Crippen LogP contribution in [0, 0.1) is 5.92 Å². The van der Waals surface area contributed by atoms with E-state index >= 15 is 0 Å². The highest BCUT2D eigenvalue weighted by molar-refractivity contribution is 5.16. The molecule has 2 rings (SSSR count). The van der Waals surface area contributed by atoms with Gasteiger partial charge in [0.2, 0.25) is 0 Å². The van der Waals surface area contributed by atoms with Crippen LogP contribution in [0.25, 0.3) is 0 Å². The Balaban J connectivity index is 1.81. The lowest BCUT2D eigenvalue weighted by Gasteiger charge is -2.24. The molecular weight excluding hydrogens is 258 g/mol. The minimum Gasteiger partial charge on any atom is -0.395 e. The van der Waals surface area contributed by atoms with Crippen molar-refractivity contribution in [1.82, 2.24) is 5.32 Å². The molecule has 2 nitrogen and oxygen atoms in total. The molecule has 0 amide bonds. The first-order valence-electron chi connectivity index (χ1n) is 8.72. The van der Waals surface area contributed by atoms with Gasteiger partial charge in [-0.3, -0.25) is 0 Å². The van der Waals surface area contributed by atoms with E-state index in [9.17, 15) is 5.11 Å². The third-order valence-electron chi connectivity index (χ3n) is 4.80. The second-order valence-corrected chi connectivity index (χ2v) is 6.60. The van der Waals surface area contributed by atoms with Crippen molar-refractivity contribution in [2.75, 3.05) is 6.61 Å². The van der Waals surface area contributed by atoms with E-state index < -0.39 is 0 Å². The molecule has 0 aromatic heterocycles. The van der Waals surface area contributed by atoms with Crippen molar-refractivity contribution in [2.45, 2.75) is 70.4 Å². The highest BCUT2D eigenvalue weighted by atomic mass is 16.3. The van der Waals surface area contributed by atoms with E-state index in [-0.39, 0.29) is 12.6 Å². The molecule has 3 unspecified atom stereocenters. The van der Waals surface area contributed by atoms with Crippen LogP contribution in [0.5, 0.6) is 0 Å². The van der Waals surface area contributed by atoms with Crippen molar-refractivity contribution < 1.29 is 5.11 Å². The molecule has 21 heavy (non-hydrogen) atoms. The van der Waals surface area contributed by atoms with Gasteiger partial charge in [0.05, 0.1) is 6.61 Å². The maximum Gasteiger partial charge on any atom is 0.0587 e. The van der Waals surface area contributed by atoms with Gasteiger partial charge in [0.25, 0.3) is 0 Å². The van der Waals surface area contributed by atoms with Gasteiger partial charge in [0, 0.05) is 12.1 Å². The summed E-state index contributed by atoms with van der Waals surface area (Å²) in [6, 6.07) is 11.3. The molecule has 0 heterocycles. The molecule has 0 radical (unpaired) electrons. The van der Waals surface area contributed by atoms with Crippen LogP contribution in [-0.2, 0) is 6.42 Å². The zero-order valence-corrected chi connectivity index (χ0v) is 13.4. The van der Waals surface area contributed by atoms with Crippen molar-refractivity contribution in [2.24, 2.45) is 5.92 Å². The quantitative estimate of drug-likeness (QED) is 0.745. The normalized spacial score (nSPS) is 24.5. The van der Waals surface area contributed by atoms with E-state index in [0.29, 0.717) is 6.04 Å². The minimum atomic E-state index is 0.195. The first-order chi connectivity index (χ1) is 10.3. The first-order valence-corrected chi connectivity index (χ1v) is 8.72. The number of aliphatic hydroxyl groups excluding tert-OH is 1. The first kappa shape index (κ1) is 16.5. The Labute approximate surface area is 130 Å². The van der Waals surface area contributed by atoms with Crippen LogP contribution in [0.4, 0.5) is 0 Å². The maximum absolute atomic E-state index is 9.66. The van der Waals surface area contributed by atoms with Crippen LogP contribution in [0.3, 0.4) is 0 Å². The summed E-state index contributed by atoms with van der Waals surface area (Å²) in [7, 11) is 0. The Morgan fingerprint density at radius 1 is 1.14 bits per heavy atom. The van der Waals surface area contributed by atoms with Crippen molar-refractivity contribution in [1.29, 1.82) is 0 Å². The number of rotatable bonds is 7. The zero-order valence-electron chi connectivity index (χ0n) is 13.4. The van der Waals surface area contributed by atoms with Gasteiger partial charge in [-0.05, 0) is 37.2 Å². The molecule has 1 aliphatic carbocycles. The average Bonchev–Trinajstić information content (AvgIpc) is 2.73. The number of benzene rings is 1. The predicted octanol–water partition coefficient (Wildman–Crippen LogP) is 3.93. The summed E-state index contributed by atoms with van der Waals surface area (Å²) in [5, 5.41) is 13.4. The third kappa shape index (κ3) is 5.80. The number of hydrogen-bond acceptors (Lipinski definition) is 2. The summed E-state index contributed by atoms with van der Waals surface area (Å²) in [6.45, 7) is 2.52. The van der Waals surface area contributed by atoms with Gasteiger partial charge in [-0.2, -0.15) is 0 Å². The standard InChI is InChI=1S/C19H31NO/c1-2-7-16-10-6-11-18(13-12-16)20-19(15-21)14-17-8-4-3-5-9-17/h3-5,8-9,16,18-21H,2,6-7,10-15H2,1H3. The van der Waals surface area contributed by atoms with E-state index in [4.69, 9.17) is 0 Å². The van der Waals surface area contributed by atoms with Gasteiger partial charge >= 0.3 is 0 Å². The molecule has 1 saturated carbocycles. The highest BCUT2D eigenvalue weighted by Gasteiger charge is 2.20. The number of nitrogens with one attached hydrogen (secondary N) is 1. The molecule has 0 bridgehead atoms. The molecular formula is C19H31NO. The van der Waals surface area contributed by atoms with Crippen molar-refractivity contribution in [3.05, 3.63) is 35.9 Å². The Morgan fingerprint density at radius 3 is 2.67 bits per heavy atom. The van der Waals surface area contributed by atoms with E-state index in [1.54, 1.807) is 0 Å². The molecule has 2 N–H and O–H groups in total. The number of hydrogen-bond donors (Lipinski definition) is 2. The maximum atomic E-state index is 9.66. The van der Waals surface area contributed by atoms with E-state index in [2.05, 4.69) is 36.5 Å². The largest absolute Gasteiger partial charge is 0.395 e. The monoisotopic (exact) mass is 289 g/mol. The molecule has 0 aliphatic heterocycles. The summed E-state index contributed by atoms with van der Waals surface area (Å²) < 4.78 is 0. The lowest BCUT2D eigenvalue weighted by atomic mass is 9.95. The third-order valence-corrected chi connectivity index (χ3v) is 4.80. The van der Waals surface area contributed by atoms with Crippen molar-refractivity contribution >= 4 is 0 Å². The van der Waals surface area contributed by atoms with Crippen LogP contribution in [0.15, 0.2) is 30.3 Å². The minimum absolute atomic E-state index is 0.195. The van der Waals surface area contributed by atoms with Gasteiger partial charge in [0.1, 0.15) is 0 Å². The summed E-state index contributed by atoms with van der Waals surface area (Å²) in [5.41, 5.74) is 1.31. The van der Waals surface area contributed by atoms with Gasteiger partial charge in [-0.25, -0.2) is 0 Å². The molecule has 1 aromatic carbocycles. The summed E-state index contributed by atoms with van der Waals surface area (Å²) in [6.07, 6.45) is 10.3. The molecule has 0 spiro atoms. The van der Waals surface area contributed by atoms with Crippen molar-refractivity contribution in [3.8, 4) is 0 Å². The average molecular weight is 289 g/mol. The molecule has 1 fully saturated rings. The summed E-state index contributed by atoms with van der Waals surface area (Å²) in [5.74, 6) is 0.934. The number of aliphatic hydroxyl groups is 1. The van der Waals surface area contributed by atoms with E-state index in [1.165, 1.54) is 50.5 Å². The van der Waals surface area contributed by atoms with Crippen LogP contribution >= 0.6 is 0 Å². The molecule has 1 aliphatic rings. The van der Waals surface area contributed by atoms with Crippen LogP contribution < -0.4 is 5.32 Å². The lowest BCUT2D eigenvalue weighted by Crippen LogP contribution is -2.41. The molecule has 0 saturated heterocycles. The molecule has 2 heteroatoms. The molecule has 118 valence electrons. The Kier molecular flexibility index (Phi) is 7.25. The fourth-order valence-corrected chi connectivity index (χ4v) is 3.65. The van der Waals surface area contributed by atoms with Crippen LogP contribution in [-0.4, -0.2) is 23.8 Å². The van der Waals surface area contributed by atoms with Gasteiger partial charge < -0.3 is 10.4 Å². The van der Waals surface area contributed by atoms with Gasteiger partial charge in [-0.1, -0.05) is 62.9 Å². The SMILES string of the molecule is CCCC1CCCC(NC(CO)Cc2ccccc2)CC1. The van der Waals surface area contributed by atoms with Gasteiger partial charge in [-0.15, -0.1) is 0 Å². The summed E-state index contributed by atoms with van der Waals surface area (Å²) >= 11 is 0. The zero-order chi connectivity index (χ0) is 14.9. The van der Waals surface area contributed by atoms with Gasteiger partial charge in [0.15, 0.2) is 0 Å². The lowest BCUT2D eigenvalue weighted by molar-refractivity contribution is 0.225. The Morgan fingerprint density at radius 2 is 1.95 bits per heavy atom. The fraction of sp³-hybridized carbons (Fsp3) is 0.684. The topological polar surface area (TPSA) is 32.3 Å². The molecule has 3 atom stereocenters. The van der Waals surface area contributed by atoms with E-state index in [1.807, 2.05) is 6.07 Å². The Hall–Kier alpha value is -0.860. The fourth-order valence-electron chi connectivity index (χ4n) is 3.65. The second kappa shape index (κ2) is 9.22. The molecule has 1 aromatic rings. The van der Waals surface area contributed by atoms with E-state index in [0.717, 1.165) is 12.3 Å².